The standard InChI is InChI=1S/C16H28O3/c1-11(2)10-12(3)14(17)15-13(4)18-16(19-15)8-6-5-7-9-16/h10,12-15,17H,5-9H2,1-4H3/t12-,13+,14+,15-/m0/s1. The van der Waals surface area contributed by atoms with Gasteiger partial charge in [-0.2, -0.15) is 0 Å². The number of allylic oxidation sites excluding steroid dienone is 1. The van der Waals surface area contributed by atoms with Crippen LogP contribution >= 0.6 is 0 Å². The fourth-order valence-electron chi connectivity index (χ4n) is 3.37. The van der Waals surface area contributed by atoms with E-state index in [2.05, 4.69) is 19.9 Å². The Morgan fingerprint density at radius 1 is 1.21 bits per heavy atom. The third kappa shape index (κ3) is 3.39. The monoisotopic (exact) mass is 268 g/mol. The zero-order valence-corrected chi connectivity index (χ0v) is 12.7. The molecule has 0 radical (unpaired) electrons. The van der Waals surface area contributed by atoms with E-state index in [1.165, 1.54) is 24.8 Å². The smallest absolute Gasteiger partial charge is 0.169 e. The quantitative estimate of drug-likeness (QED) is 0.797. The van der Waals surface area contributed by atoms with E-state index in [0.717, 1.165) is 12.8 Å². The second-order valence-corrected chi connectivity index (χ2v) is 6.47. The maximum atomic E-state index is 10.5. The lowest BCUT2D eigenvalue weighted by Crippen LogP contribution is -2.39. The molecule has 1 saturated heterocycles. The van der Waals surface area contributed by atoms with E-state index in [1.807, 2.05) is 13.8 Å². The van der Waals surface area contributed by atoms with Crippen molar-refractivity contribution < 1.29 is 14.6 Å². The van der Waals surface area contributed by atoms with Gasteiger partial charge in [-0.3, -0.25) is 0 Å². The van der Waals surface area contributed by atoms with Crippen LogP contribution in [0.2, 0.25) is 0 Å². The first-order chi connectivity index (χ1) is 8.93. The molecule has 1 aliphatic heterocycles. The van der Waals surface area contributed by atoms with E-state index in [9.17, 15) is 5.11 Å². The van der Waals surface area contributed by atoms with Gasteiger partial charge in [-0.15, -0.1) is 0 Å². The molecule has 1 saturated carbocycles. The molecule has 0 aromatic carbocycles. The number of aliphatic hydroxyl groups is 1. The Bertz CT molecular complexity index is 327. The third-order valence-electron chi connectivity index (χ3n) is 4.30. The fourth-order valence-corrected chi connectivity index (χ4v) is 3.37. The second kappa shape index (κ2) is 5.94. The molecule has 0 aromatic heterocycles. The molecule has 1 heterocycles. The number of hydrogen-bond donors (Lipinski definition) is 1. The van der Waals surface area contributed by atoms with Crippen molar-refractivity contribution in [2.45, 2.75) is 83.9 Å². The van der Waals surface area contributed by atoms with Gasteiger partial charge in [0.05, 0.1) is 12.2 Å². The second-order valence-electron chi connectivity index (χ2n) is 6.47. The number of aliphatic hydroxyl groups excluding tert-OH is 1. The van der Waals surface area contributed by atoms with Crippen LogP contribution < -0.4 is 0 Å². The predicted octanol–water partition coefficient (Wildman–Crippen LogP) is 3.41. The molecule has 0 bridgehead atoms. The van der Waals surface area contributed by atoms with Crippen molar-refractivity contribution in [1.82, 2.24) is 0 Å². The van der Waals surface area contributed by atoms with Crippen LogP contribution in [0.15, 0.2) is 11.6 Å². The average Bonchev–Trinajstić information content (AvgIpc) is 2.65. The van der Waals surface area contributed by atoms with Crippen LogP contribution in [-0.2, 0) is 9.47 Å². The molecular formula is C16H28O3. The fraction of sp³-hybridized carbons (Fsp3) is 0.875. The summed E-state index contributed by atoms with van der Waals surface area (Å²) in [6.07, 6.45) is 6.92. The minimum atomic E-state index is -0.494. The average molecular weight is 268 g/mol. The van der Waals surface area contributed by atoms with Crippen molar-refractivity contribution in [3.63, 3.8) is 0 Å². The Balaban J connectivity index is 2.02. The van der Waals surface area contributed by atoms with E-state index in [4.69, 9.17) is 9.47 Å². The molecule has 1 N–H and O–H groups in total. The summed E-state index contributed by atoms with van der Waals surface area (Å²) in [6, 6.07) is 0. The van der Waals surface area contributed by atoms with Gasteiger partial charge in [-0.25, -0.2) is 0 Å². The molecule has 0 amide bonds. The van der Waals surface area contributed by atoms with Gasteiger partial charge in [0.15, 0.2) is 5.79 Å². The summed E-state index contributed by atoms with van der Waals surface area (Å²) in [5.41, 5.74) is 1.23. The highest BCUT2D eigenvalue weighted by molar-refractivity contribution is 5.01. The summed E-state index contributed by atoms with van der Waals surface area (Å²) in [5.74, 6) is -0.312. The molecule has 1 spiro atoms. The van der Waals surface area contributed by atoms with Gasteiger partial charge in [0.25, 0.3) is 0 Å². The molecule has 19 heavy (non-hydrogen) atoms. The number of hydrogen-bond acceptors (Lipinski definition) is 3. The summed E-state index contributed by atoms with van der Waals surface area (Å²) < 4.78 is 12.2. The largest absolute Gasteiger partial charge is 0.390 e. The minimum Gasteiger partial charge on any atom is -0.390 e. The lowest BCUT2D eigenvalue weighted by Gasteiger charge is -2.32. The first kappa shape index (κ1) is 15.0. The molecule has 1 aliphatic carbocycles. The Morgan fingerprint density at radius 2 is 1.84 bits per heavy atom. The van der Waals surface area contributed by atoms with E-state index in [1.54, 1.807) is 0 Å². The first-order valence-corrected chi connectivity index (χ1v) is 7.62. The van der Waals surface area contributed by atoms with Crippen LogP contribution in [0.3, 0.4) is 0 Å². The highest BCUT2D eigenvalue weighted by Gasteiger charge is 2.49. The highest BCUT2D eigenvalue weighted by Crippen LogP contribution is 2.42. The van der Waals surface area contributed by atoms with E-state index in [-0.39, 0.29) is 18.1 Å². The van der Waals surface area contributed by atoms with Crippen molar-refractivity contribution in [3.05, 3.63) is 11.6 Å². The van der Waals surface area contributed by atoms with E-state index >= 15 is 0 Å². The van der Waals surface area contributed by atoms with Crippen LogP contribution in [0, 0.1) is 5.92 Å². The summed E-state index contributed by atoms with van der Waals surface area (Å²) in [6.45, 7) is 8.18. The maximum absolute atomic E-state index is 10.5. The van der Waals surface area contributed by atoms with Crippen LogP contribution in [0.25, 0.3) is 0 Å². The molecule has 3 nitrogen and oxygen atoms in total. The van der Waals surface area contributed by atoms with Crippen molar-refractivity contribution in [1.29, 1.82) is 0 Å². The van der Waals surface area contributed by atoms with Crippen molar-refractivity contribution in [2.75, 3.05) is 0 Å². The minimum absolute atomic E-state index is 0.0267. The van der Waals surface area contributed by atoms with Gasteiger partial charge in [0, 0.05) is 18.8 Å². The van der Waals surface area contributed by atoms with Gasteiger partial charge in [-0.05, 0) is 33.6 Å². The Labute approximate surface area is 117 Å². The van der Waals surface area contributed by atoms with E-state index < -0.39 is 11.9 Å². The highest BCUT2D eigenvalue weighted by atomic mass is 16.8. The van der Waals surface area contributed by atoms with Gasteiger partial charge < -0.3 is 14.6 Å². The number of ether oxygens (including phenoxy) is 2. The van der Waals surface area contributed by atoms with Crippen LogP contribution in [-0.4, -0.2) is 29.2 Å². The zero-order valence-electron chi connectivity index (χ0n) is 12.7. The van der Waals surface area contributed by atoms with Gasteiger partial charge in [-0.1, -0.05) is 25.0 Å². The maximum Gasteiger partial charge on any atom is 0.169 e. The normalized spacial score (nSPS) is 33.1. The van der Waals surface area contributed by atoms with Crippen molar-refractivity contribution in [2.24, 2.45) is 5.92 Å². The van der Waals surface area contributed by atoms with Crippen LogP contribution in [0.5, 0.6) is 0 Å². The molecule has 2 fully saturated rings. The summed E-state index contributed by atoms with van der Waals surface area (Å²) >= 11 is 0. The van der Waals surface area contributed by atoms with Crippen molar-refractivity contribution in [3.8, 4) is 0 Å². The van der Waals surface area contributed by atoms with Crippen LogP contribution in [0.4, 0.5) is 0 Å². The zero-order chi connectivity index (χ0) is 14.0. The first-order valence-electron chi connectivity index (χ1n) is 7.62. The van der Waals surface area contributed by atoms with Crippen molar-refractivity contribution >= 4 is 0 Å². The van der Waals surface area contributed by atoms with Gasteiger partial charge in [0.2, 0.25) is 0 Å². The van der Waals surface area contributed by atoms with E-state index in [0.29, 0.717) is 0 Å². The Kier molecular flexibility index (Phi) is 4.70. The van der Waals surface area contributed by atoms with Gasteiger partial charge >= 0.3 is 0 Å². The molecule has 2 rings (SSSR count). The Morgan fingerprint density at radius 3 is 2.42 bits per heavy atom. The molecule has 2 aliphatic rings. The van der Waals surface area contributed by atoms with Gasteiger partial charge in [0.1, 0.15) is 6.10 Å². The molecule has 110 valence electrons. The molecule has 0 aromatic rings. The summed E-state index contributed by atoms with van der Waals surface area (Å²) in [5, 5.41) is 10.5. The molecular weight excluding hydrogens is 240 g/mol. The predicted molar refractivity (Wildman–Crippen MR) is 75.8 cm³/mol. The molecule has 0 unspecified atom stereocenters. The van der Waals surface area contributed by atoms with Crippen LogP contribution in [0.1, 0.15) is 59.8 Å². The third-order valence-corrected chi connectivity index (χ3v) is 4.30. The molecule has 4 atom stereocenters. The summed E-state index contributed by atoms with van der Waals surface area (Å²) in [7, 11) is 0. The lowest BCUT2D eigenvalue weighted by atomic mass is 9.94. The Hall–Kier alpha value is -0.380. The topological polar surface area (TPSA) is 38.7 Å². The number of rotatable bonds is 3. The lowest BCUT2D eigenvalue weighted by molar-refractivity contribution is -0.200. The summed E-state index contributed by atoms with van der Waals surface area (Å²) in [4.78, 5) is 0. The SMILES string of the molecule is CC(C)=C[C@H](C)[C@@H](O)[C@H]1OC2(CCCCC2)O[C@@H]1C. The molecule has 3 heteroatoms.